The molecule has 0 amide bonds. The van der Waals surface area contributed by atoms with Gasteiger partial charge in [-0.15, -0.1) is 0 Å². The van der Waals surface area contributed by atoms with Gasteiger partial charge in [-0.2, -0.15) is 0 Å². The van der Waals surface area contributed by atoms with Gasteiger partial charge in [-0.1, -0.05) is 75.2 Å². The molecule has 3 aromatic carbocycles. The summed E-state index contributed by atoms with van der Waals surface area (Å²) >= 11 is 0. The lowest BCUT2D eigenvalue weighted by molar-refractivity contribution is 0.404. The molecule has 3 aromatic rings. The molecule has 0 N–H and O–H groups in total. The van der Waals surface area contributed by atoms with E-state index in [1.54, 1.807) is 5.56 Å². The molecule has 1 aliphatic rings. The van der Waals surface area contributed by atoms with Crippen molar-refractivity contribution in [1.82, 2.24) is 0 Å². The van der Waals surface area contributed by atoms with Gasteiger partial charge in [0, 0.05) is 0 Å². The maximum Gasteiger partial charge on any atom is -0.00301 e. The normalized spacial score (nSPS) is 17.6. The quantitative estimate of drug-likeness (QED) is 0.598. The highest BCUT2D eigenvalue weighted by molar-refractivity contribution is 6.11. The molecular formula is C21H22. The van der Waals surface area contributed by atoms with Crippen LogP contribution >= 0.6 is 0 Å². The maximum absolute atomic E-state index is 2.47. The first-order chi connectivity index (χ1) is 10.3. The molecular weight excluding hydrogens is 252 g/mol. The third-order valence-corrected chi connectivity index (χ3v) is 5.45. The van der Waals surface area contributed by atoms with Crippen molar-refractivity contribution in [3.63, 3.8) is 0 Å². The van der Waals surface area contributed by atoms with E-state index in [1.165, 1.54) is 46.0 Å². The second kappa shape index (κ2) is 4.87. The molecule has 0 saturated heterocycles. The lowest BCUT2D eigenvalue weighted by Crippen LogP contribution is -2.19. The molecule has 0 nitrogen and oxygen atoms in total. The summed E-state index contributed by atoms with van der Waals surface area (Å²) in [6.07, 6.45) is 6.22. The van der Waals surface area contributed by atoms with Gasteiger partial charge in [0.1, 0.15) is 0 Å². The van der Waals surface area contributed by atoms with Crippen molar-refractivity contribution in [3.8, 4) is 0 Å². The maximum atomic E-state index is 2.47. The van der Waals surface area contributed by atoms with Crippen molar-refractivity contribution >= 4 is 27.6 Å². The predicted molar refractivity (Wildman–Crippen MR) is 92.6 cm³/mol. The van der Waals surface area contributed by atoms with Crippen LogP contribution in [0.1, 0.15) is 44.6 Å². The van der Waals surface area contributed by atoms with Gasteiger partial charge in [0.05, 0.1) is 0 Å². The SMILES string of the molecule is CCC(CC)C1CC=c2ccc3cccc4ccc1c2c43. The molecule has 1 atom stereocenters. The van der Waals surface area contributed by atoms with Gasteiger partial charge in [0.15, 0.2) is 0 Å². The lowest BCUT2D eigenvalue weighted by atomic mass is 9.75. The van der Waals surface area contributed by atoms with Gasteiger partial charge in [0.2, 0.25) is 0 Å². The summed E-state index contributed by atoms with van der Waals surface area (Å²) in [5, 5.41) is 7.20. The summed E-state index contributed by atoms with van der Waals surface area (Å²) in [6, 6.07) is 16.0. The molecule has 0 radical (unpaired) electrons. The van der Waals surface area contributed by atoms with Crippen LogP contribution in [0.4, 0.5) is 0 Å². The fourth-order valence-electron chi connectivity index (χ4n) is 4.30. The van der Waals surface area contributed by atoms with E-state index < -0.39 is 0 Å². The van der Waals surface area contributed by atoms with Crippen molar-refractivity contribution < 1.29 is 0 Å². The molecule has 0 aliphatic heterocycles. The molecule has 106 valence electrons. The summed E-state index contributed by atoms with van der Waals surface area (Å²) in [4.78, 5) is 0. The molecule has 0 spiro atoms. The first kappa shape index (κ1) is 12.9. The Morgan fingerprint density at radius 2 is 1.62 bits per heavy atom. The zero-order chi connectivity index (χ0) is 14.4. The van der Waals surface area contributed by atoms with Crippen molar-refractivity contribution in [2.24, 2.45) is 5.92 Å². The van der Waals surface area contributed by atoms with Crippen LogP contribution < -0.4 is 5.22 Å². The predicted octanol–water partition coefficient (Wildman–Crippen LogP) is 5.42. The Morgan fingerprint density at radius 1 is 0.905 bits per heavy atom. The first-order valence-corrected chi connectivity index (χ1v) is 8.27. The van der Waals surface area contributed by atoms with E-state index in [2.05, 4.69) is 62.4 Å². The summed E-state index contributed by atoms with van der Waals surface area (Å²) in [6.45, 7) is 4.68. The van der Waals surface area contributed by atoms with Crippen LogP contribution in [0.2, 0.25) is 0 Å². The van der Waals surface area contributed by atoms with Gasteiger partial charge >= 0.3 is 0 Å². The fourth-order valence-corrected chi connectivity index (χ4v) is 4.30. The largest absolute Gasteiger partial charge is 0.0760 e. The van der Waals surface area contributed by atoms with Crippen LogP contribution in [0, 0.1) is 5.92 Å². The average Bonchev–Trinajstić information content (AvgIpc) is 2.55. The average molecular weight is 274 g/mol. The molecule has 0 bridgehead atoms. The molecule has 1 unspecified atom stereocenters. The standard InChI is InChI=1S/C21H22/c1-3-14(4-2)18-12-10-17-9-8-15-6-5-7-16-11-13-19(18)21(17)20(15)16/h5-11,13-14,18H,3-4,12H2,1-2H3. The highest BCUT2D eigenvalue weighted by Crippen LogP contribution is 2.40. The van der Waals surface area contributed by atoms with E-state index in [-0.39, 0.29) is 0 Å². The van der Waals surface area contributed by atoms with Gasteiger partial charge in [-0.3, -0.25) is 0 Å². The Hall–Kier alpha value is -1.82. The lowest BCUT2D eigenvalue weighted by Gasteiger charge is -2.29. The van der Waals surface area contributed by atoms with E-state index in [0.29, 0.717) is 5.92 Å². The van der Waals surface area contributed by atoms with E-state index in [1.807, 2.05) is 0 Å². The molecule has 0 aromatic heterocycles. The summed E-state index contributed by atoms with van der Waals surface area (Å²) in [7, 11) is 0. The van der Waals surface area contributed by atoms with Gasteiger partial charge in [-0.25, -0.2) is 0 Å². The molecule has 4 rings (SSSR count). The van der Waals surface area contributed by atoms with Crippen molar-refractivity contribution in [3.05, 3.63) is 53.2 Å². The van der Waals surface area contributed by atoms with E-state index in [9.17, 15) is 0 Å². The monoisotopic (exact) mass is 274 g/mol. The van der Waals surface area contributed by atoms with Crippen molar-refractivity contribution in [1.29, 1.82) is 0 Å². The molecule has 0 fully saturated rings. The van der Waals surface area contributed by atoms with E-state index in [0.717, 1.165) is 5.92 Å². The minimum Gasteiger partial charge on any atom is -0.0760 e. The molecule has 0 heteroatoms. The third kappa shape index (κ3) is 1.82. The highest BCUT2D eigenvalue weighted by atomic mass is 14.3. The topological polar surface area (TPSA) is 0 Å². The summed E-state index contributed by atoms with van der Waals surface area (Å²) in [5.41, 5.74) is 1.59. The van der Waals surface area contributed by atoms with Crippen LogP contribution in [-0.2, 0) is 0 Å². The van der Waals surface area contributed by atoms with Gasteiger partial charge in [0.25, 0.3) is 0 Å². The van der Waals surface area contributed by atoms with Crippen LogP contribution in [-0.4, -0.2) is 0 Å². The van der Waals surface area contributed by atoms with Crippen LogP contribution in [0.25, 0.3) is 27.6 Å². The molecule has 21 heavy (non-hydrogen) atoms. The van der Waals surface area contributed by atoms with Gasteiger partial charge in [-0.05, 0) is 50.6 Å². The molecule has 0 saturated carbocycles. The van der Waals surface area contributed by atoms with Crippen molar-refractivity contribution in [2.45, 2.75) is 39.0 Å². The Labute approximate surface area is 126 Å². The van der Waals surface area contributed by atoms with E-state index in [4.69, 9.17) is 0 Å². The van der Waals surface area contributed by atoms with Crippen LogP contribution in [0.5, 0.6) is 0 Å². The number of hydrogen-bond donors (Lipinski definition) is 0. The first-order valence-electron chi connectivity index (χ1n) is 8.27. The highest BCUT2D eigenvalue weighted by Gasteiger charge is 2.24. The van der Waals surface area contributed by atoms with E-state index >= 15 is 0 Å². The zero-order valence-electron chi connectivity index (χ0n) is 12.9. The molecule has 0 heterocycles. The number of benzene rings is 3. The Morgan fingerprint density at radius 3 is 2.33 bits per heavy atom. The summed E-state index contributed by atoms with van der Waals surface area (Å²) in [5.74, 6) is 1.50. The van der Waals surface area contributed by atoms with Crippen LogP contribution in [0.15, 0.2) is 42.5 Å². The van der Waals surface area contributed by atoms with Crippen LogP contribution in [0.3, 0.4) is 0 Å². The minimum atomic E-state index is 0.697. The fraction of sp³-hybridized carbons (Fsp3) is 0.333. The van der Waals surface area contributed by atoms with Gasteiger partial charge < -0.3 is 0 Å². The number of rotatable bonds is 3. The minimum absolute atomic E-state index is 0.697. The number of hydrogen-bond acceptors (Lipinski definition) is 0. The Balaban J connectivity index is 2.08. The Bertz CT molecular complexity index is 837. The second-order valence-electron chi connectivity index (χ2n) is 6.39. The Kier molecular flexibility index (Phi) is 2.99. The smallest absolute Gasteiger partial charge is 0.00301 e. The summed E-state index contributed by atoms with van der Waals surface area (Å²) < 4.78 is 0. The van der Waals surface area contributed by atoms with Crippen molar-refractivity contribution in [2.75, 3.05) is 0 Å². The second-order valence-corrected chi connectivity index (χ2v) is 6.39. The third-order valence-electron chi connectivity index (χ3n) is 5.45. The zero-order valence-corrected chi connectivity index (χ0v) is 12.9. The molecule has 1 aliphatic carbocycles.